The minimum absolute atomic E-state index is 0.134. The van der Waals surface area contributed by atoms with E-state index in [-0.39, 0.29) is 12.5 Å². The van der Waals surface area contributed by atoms with Crippen molar-refractivity contribution in [3.63, 3.8) is 0 Å². The van der Waals surface area contributed by atoms with Crippen LogP contribution in [-0.4, -0.2) is 52.0 Å². The van der Waals surface area contributed by atoms with Crippen LogP contribution in [0, 0.1) is 0 Å². The van der Waals surface area contributed by atoms with E-state index in [1.165, 1.54) is 9.80 Å². The number of pyridine rings is 1. The van der Waals surface area contributed by atoms with Crippen LogP contribution in [0.25, 0.3) is 0 Å². The average molecular weight is 327 g/mol. The molecule has 6 heteroatoms. The molecular weight excluding hydrogens is 306 g/mol. The average Bonchev–Trinajstić information content (AvgIpc) is 2.59. The number of nitrogens with zero attached hydrogens (tertiary/aromatic N) is 3. The molecule has 2 aromatic rings. The van der Waals surface area contributed by atoms with Crippen LogP contribution in [0.5, 0.6) is 0 Å². The summed E-state index contributed by atoms with van der Waals surface area (Å²) in [6.07, 6.45) is 2.42. The van der Waals surface area contributed by atoms with Crippen molar-refractivity contribution >= 4 is 12.0 Å². The molecule has 0 unspecified atom stereocenters. The predicted octanol–water partition coefficient (Wildman–Crippen LogP) is 2.26. The number of rotatable bonds is 6. The van der Waals surface area contributed by atoms with Crippen LogP contribution in [0.2, 0.25) is 0 Å². The Morgan fingerprint density at radius 1 is 1.04 bits per heavy atom. The number of carboxylic acid groups (broad SMARTS) is 1. The lowest BCUT2D eigenvalue weighted by atomic mass is 10.0. The van der Waals surface area contributed by atoms with Crippen molar-refractivity contribution in [1.29, 1.82) is 0 Å². The highest BCUT2D eigenvalue weighted by atomic mass is 16.4. The third-order valence-electron chi connectivity index (χ3n) is 3.72. The molecule has 0 saturated carbocycles. The lowest BCUT2D eigenvalue weighted by Gasteiger charge is -2.30. The summed E-state index contributed by atoms with van der Waals surface area (Å²) in [5, 5.41) is 9.65. The fourth-order valence-corrected chi connectivity index (χ4v) is 2.46. The summed E-state index contributed by atoms with van der Waals surface area (Å²) in [4.78, 5) is 30.9. The smallest absolute Gasteiger partial charge is 0.408 e. The summed E-state index contributed by atoms with van der Waals surface area (Å²) in [5.41, 5.74) is 1.70. The van der Waals surface area contributed by atoms with E-state index < -0.39 is 12.1 Å². The van der Waals surface area contributed by atoms with E-state index in [1.807, 2.05) is 30.3 Å². The molecule has 1 aromatic heterocycles. The van der Waals surface area contributed by atoms with Crippen LogP contribution < -0.4 is 0 Å². The lowest BCUT2D eigenvalue weighted by molar-refractivity contribution is -0.134. The molecule has 0 aliphatic heterocycles. The predicted molar refractivity (Wildman–Crippen MR) is 90.4 cm³/mol. The molecule has 0 radical (unpaired) electrons. The molecule has 0 fully saturated rings. The Labute approximate surface area is 141 Å². The molecule has 6 nitrogen and oxygen atoms in total. The van der Waals surface area contributed by atoms with Crippen molar-refractivity contribution in [3.05, 3.63) is 66.0 Å². The van der Waals surface area contributed by atoms with Gasteiger partial charge in [0.2, 0.25) is 5.91 Å². The highest BCUT2D eigenvalue weighted by molar-refractivity contribution is 5.85. The number of hydrogen-bond donors (Lipinski definition) is 1. The van der Waals surface area contributed by atoms with E-state index >= 15 is 0 Å². The monoisotopic (exact) mass is 327 g/mol. The van der Waals surface area contributed by atoms with Gasteiger partial charge in [-0.05, 0) is 23.3 Å². The molecule has 126 valence electrons. The standard InChI is InChI=1S/C18H21N3O3/c1-20(2)17(22)16(12-14-6-4-3-5-7-14)21(18(23)24)13-15-8-10-19-11-9-15/h3-11,16H,12-13H2,1-2H3,(H,23,24)/t16-/m0/s1. The molecule has 2 rings (SSSR count). The summed E-state index contributed by atoms with van der Waals surface area (Å²) in [7, 11) is 3.26. The quantitative estimate of drug-likeness (QED) is 0.883. The van der Waals surface area contributed by atoms with Gasteiger partial charge < -0.3 is 10.0 Å². The van der Waals surface area contributed by atoms with Crippen LogP contribution in [0.4, 0.5) is 4.79 Å². The van der Waals surface area contributed by atoms with E-state index in [9.17, 15) is 14.7 Å². The van der Waals surface area contributed by atoms with Gasteiger partial charge >= 0.3 is 6.09 Å². The topological polar surface area (TPSA) is 73.7 Å². The number of carbonyl (C=O) groups is 2. The van der Waals surface area contributed by atoms with Crippen LogP contribution >= 0.6 is 0 Å². The molecule has 0 aliphatic carbocycles. The molecule has 1 atom stereocenters. The second-order valence-corrected chi connectivity index (χ2v) is 5.70. The second kappa shape index (κ2) is 8.10. The van der Waals surface area contributed by atoms with Crippen LogP contribution in [0.15, 0.2) is 54.9 Å². The van der Waals surface area contributed by atoms with Crippen LogP contribution in [0.3, 0.4) is 0 Å². The Hall–Kier alpha value is -2.89. The van der Waals surface area contributed by atoms with E-state index in [1.54, 1.807) is 38.6 Å². The zero-order valence-corrected chi connectivity index (χ0v) is 13.8. The van der Waals surface area contributed by atoms with Gasteiger partial charge in [0, 0.05) is 39.5 Å². The normalized spacial score (nSPS) is 11.6. The maximum Gasteiger partial charge on any atom is 0.408 e. The highest BCUT2D eigenvalue weighted by Crippen LogP contribution is 2.15. The van der Waals surface area contributed by atoms with Crippen molar-refractivity contribution in [2.45, 2.75) is 19.0 Å². The fourth-order valence-electron chi connectivity index (χ4n) is 2.46. The van der Waals surface area contributed by atoms with Gasteiger partial charge in [0.15, 0.2) is 0 Å². The van der Waals surface area contributed by atoms with Gasteiger partial charge in [-0.3, -0.25) is 14.7 Å². The number of hydrogen-bond acceptors (Lipinski definition) is 3. The molecule has 1 N–H and O–H groups in total. The third-order valence-corrected chi connectivity index (χ3v) is 3.72. The van der Waals surface area contributed by atoms with Crippen molar-refractivity contribution < 1.29 is 14.7 Å². The first-order valence-corrected chi connectivity index (χ1v) is 7.62. The van der Waals surface area contributed by atoms with Gasteiger partial charge in [0.05, 0.1) is 0 Å². The Balaban J connectivity index is 2.30. The van der Waals surface area contributed by atoms with Crippen molar-refractivity contribution in [2.75, 3.05) is 14.1 Å². The summed E-state index contributed by atoms with van der Waals surface area (Å²) < 4.78 is 0. The molecule has 0 bridgehead atoms. The molecule has 1 aromatic carbocycles. The van der Waals surface area contributed by atoms with Gasteiger partial charge in [0.25, 0.3) is 0 Å². The Morgan fingerprint density at radius 2 is 1.67 bits per heavy atom. The van der Waals surface area contributed by atoms with Gasteiger partial charge in [-0.2, -0.15) is 0 Å². The maximum absolute atomic E-state index is 12.6. The van der Waals surface area contributed by atoms with Gasteiger partial charge in [-0.15, -0.1) is 0 Å². The van der Waals surface area contributed by atoms with Gasteiger partial charge in [-0.1, -0.05) is 30.3 Å². The molecule has 2 amide bonds. The first kappa shape index (κ1) is 17.5. The summed E-state index contributed by atoms with van der Waals surface area (Å²) in [6.45, 7) is 0.134. The van der Waals surface area contributed by atoms with E-state index in [2.05, 4.69) is 4.98 Å². The minimum atomic E-state index is -1.12. The number of carbonyl (C=O) groups excluding carboxylic acids is 1. The molecule has 1 heterocycles. The number of likely N-dealkylation sites (N-methyl/N-ethyl adjacent to an activating group) is 1. The van der Waals surface area contributed by atoms with E-state index in [0.717, 1.165) is 11.1 Å². The molecule has 0 aliphatic rings. The second-order valence-electron chi connectivity index (χ2n) is 5.70. The first-order chi connectivity index (χ1) is 11.5. The molecule has 0 spiro atoms. The largest absolute Gasteiger partial charge is 0.465 e. The first-order valence-electron chi connectivity index (χ1n) is 7.62. The number of benzene rings is 1. The maximum atomic E-state index is 12.6. The zero-order chi connectivity index (χ0) is 17.5. The van der Waals surface area contributed by atoms with Crippen LogP contribution in [-0.2, 0) is 17.8 Å². The van der Waals surface area contributed by atoms with E-state index in [4.69, 9.17) is 0 Å². The van der Waals surface area contributed by atoms with Crippen molar-refractivity contribution in [1.82, 2.24) is 14.8 Å². The SMILES string of the molecule is CN(C)C(=O)[C@H](Cc1ccccc1)N(Cc1ccncc1)C(=O)O. The van der Waals surface area contributed by atoms with Gasteiger partial charge in [0.1, 0.15) is 6.04 Å². The minimum Gasteiger partial charge on any atom is -0.465 e. The molecule has 24 heavy (non-hydrogen) atoms. The lowest BCUT2D eigenvalue weighted by Crippen LogP contribution is -2.49. The fraction of sp³-hybridized carbons (Fsp3) is 0.278. The van der Waals surface area contributed by atoms with E-state index in [0.29, 0.717) is 6.42 Å². The summed E-state index contributed by atoms with van der Waals surface area (Å²) in [5.74, 6) is -0.240. The van der Waals surface area contributed by atoms with Crippen LogP contribution in [0.1, 0.15) is 11.1 Å². The Morgan fingerprint density at radius 3 is 2.21 bits per heavy atom. The van der Waals surface area contributed by atoms with Gasteiger partial charge in [-0.25, -0.2) is 4.79 Å². The highest BCUT2D eigenvalue weighted by Gasteiger charge is 2.31. The zero-order valence-electron chi connectivity index (χ0n) is 13.8. The number of aromatic nitrogens is 1. The summed E-state index contributed by atoms with van der Waals surface area (Å²) in [6, 6.07) is 12.1. The van der Waals surface area contributed by atoms with Crippen molar-refractivity contribution in [3.8, 4) is 0 Å². The molecule has 0 saturated heterocycles. The Kier molecular flexibility index (Phi) is 5.89. The molecular formula is C18H21N3O3. The third kappa shape index (κ3) is 4.55. The Bertz CT molecular complexity index is 674. The van der Waals surface area contributed by atoms with Crippen molar-refractivity contribution in [2.24, 2.45) is 0 Å². The number of amides is 2. The summed E-state index contributed by atoms with van der Waals surface area (Å²) >= 11 is 0.